The first-order chi connectivity index (χ1) is 9.81. The molecule has 0 aliphatic carbocycles. The molecule has 0 fully saturated rings. The monoisotopic (exact) mass is 267 g/mol. The summed E-state index contributed by atoms with van der Waals surface area (Å²) in [7, 11) is 1.36. The van der Waals surface area contributed by atoms with Gasteiger partial charge in [-0.1, -0.05) is 60.7 Å². The lowest BCUT2D eigenvalue weighted by molar-refractivity contribution is -0.134. The minimum Gasteiger partial charge on any atom is -0.466 e. The van der Waals surface area contributed by atoms with Crippen LogP contribution < -0.4 is 5.32 Å². The Balaban J connectivity index is 2.22. The van der Waals surface area contributed by atoms with Crippen molar-refractivity contribution in [1.82, 2.24) is 5.32 Å². The van der Waals surface area contributed by atoms with Crippen LogP contribution in [0, 0.1) is 0 Å². The smallest absolute Gasteiger partial charge is 0.331 e. The standard InChI is InChI=1S/C17H17NO2/c1-20-16(19)12-13-18-17(14-8-4-2-5-9-14)15-10-6-3-7-11-15/h2-13,17-18H,1H3/b13-12+. The molecule has 0 aliphatic rings. The molecule has 20 heavy (non-hydrogen) atoms. The van der Waals surface area contributed by atoms with Crippen LogP contribution in [0.5, 0.6) is 0 Å². The van der Waals surface area contributed by atoms with Crippen molar-refractivity contribution in [1.29, 1.82) is 0 Å². The molecule has 0 aromatic heterocycles. The van der Waals surface area contributed by atoms with Gasteiger partial charge in [0.05, 0.1) is 13.2 Å². The largest absolute Gasteiger partial charge is 0.466 e. The Morgan fingerprint density at radius 3 is 1.95 bits per heavy atom. The van der Waals surface area contributed by atoms with Gasteiger partial charge >= 0.3 is 5.97 Å². The highest BCUT2D eigenvalue weighted by atomic mass is 16.5. The first-order valence-corrected chi connectivity index (χ1v) is 6.41. The molecule has 0 aliphatic heterocycles. The Hall–Kier alpha value is -2.55. The van der Waals surface area contributed by atoms with Crippen LogP contribution >= 0.6 is 0 Å². The molecule has 3 nitrogen and oxygen atoms in total. The maximum absolute atomic E-state index is 11.1. The zero-order valence-corrected chi connectivity index (χ0v) is 11.3. The molecule has 2 aromatic rings. The van der Waals surface area contributed by atoms with Crippen molar-refractivity contribution >= 4 is 5.97 Å². The number of hydrogen-bond donors (Lipinski definition) is 1. The third kappa shape index (κ3) is 3.72. The second kappa shape index (κ2) is 7.14. The molecule has 0 radical (unpaired) electrons. The Kier molecular flexibility index (Phi) is 4.95. The molecule has 0 atom stereocenters. The summed E-state index contributed by atoms with van der Waals surface area (Å²) in [6.45, 7) is 0. The van der Waals surface area contributed by atoms with E-state index in [0.29, 0.717) is 0 Å². The average molecular weight is 267 g/mol. The average Bonchev–Trinajstić information content (AvgIpc) is 2.53. The van der Waals surface area contributed by atoms with E-state index in [4.69, 9.17) is 0 Å². The van der Waals surface area contributed by atoms with Crippen LogP contribution in [0.15, 0.2) is 72.9 Å². The number of esters is 1. The normalized spacial score (nSPS) is 10.7. The number of hydrogen-bond acceptors (Lipinski definition) is 3. The predicted molar refractivity (Wildman–Crippen MR) is 79.0 cm³/mol. The second-order valence-corrected chi connectivity index (χ2v) is 4.28. The van der Waals surface area contributed by atoms with Gasteiger partial charge in [0.2, 0.25) is 0 Å². The zero-order valence-electron chi connectivity index (χ0n) is 11.3. The molecule has 2 rings (SSSR count). The Morgan fingerprint density at radius 2 is 1.50 bits per heavy atom. The molecule has 0 heterocycles. The van der Waals surface area contributed by atoms with E-state index in [1.165, 1.54) is 13.2 Å². The summed E-state index contributed by atoms with van der Waals surface area (Å²) in [6.07, 6.45) is 3.00. The fraction of sp³-hybridized carbons (Fsp3) is 0.118. The number of benzene rings is 2. The van der Waals surface area contributed by atoms with E-state index in [2.05, 4.69) is 34.3 Å². The summed E-state index contributed by atoms with van der Waals surface area (Å²) < 4.78 is 4.58. The van der Waals surface area contributed by atoms with Crippen LogP contribution in [-0.4, -0.2) is 13.1 Å². The van der Waals surface area contributed by atoms with Crippen LogP contribution in [0.25, 0.3) is 0 Å². The van der Waals surface area contributed by atoms with E-state index in [1.807, 2.05) is 36.4 Å². The summed E-state index contributed by atoms with van der Waals surface area (Å²) >= 11 is 0. The Morgan fingerprint density at radius 1 is 1.00 bits per heavy atom. The minimum atomic E-state index is -0.377. The lowest BCUT2D eigenvalue weighted by Crippen LogP contribution is -2.17. The molecule has 0 bridgehead atoms. The van der Waals surface area contributed by atoms with Crippen LogP contribution in [-0.2, 0) is 9.53 Å². The highest BCUT2D eigenvalue weighted by molar-refractivity contribution is 5.81. The number of carbonyl (C=O) groups is 1. The molecular weight excluding hydrogens is 250 g/mol. The van der Waals surface area contributed by atoms with Gasteiger partial charge in [-0.25, -0.2) is 4.79 Å². The third-order valence-electron chi connectivity index (χ3n) is 2.95. The molecule has 2 aromatic carbocycles. The van der Waals surface area contributed by atoms with Crippen molar-refractivity contribution in [2.45, 2.75) is 6.04 Å². The molecule has 102 valence electrons. The minimum absolute atomic E-state index is 0.00157. The highest BCUT2D eigenvalue weighted by Gasteiger charge is 2.11. The number of nitrogens with one attached hydrogen (secondary N) is 1. The first-order valence-electron chi connectivity index (χ1n) is 6.41. The summed E-state index contributed by atoms with van der Waals surface area (Å²) in [4.78, 5) is 11.1. The van der Waals surface area contributed by atoms with E-state index in [0.717, 1.165) is 11.1 Å². The predicted octanol–water partition coefficient (Wildman–Crippen LogP) is 3.05. The van der Waals surface area contributed by atoms with Crippen LogP contribution in [0.1, 0.15) is 17.2 Å². The van der Waals surface area contributed by atoms with E-state index in [1.54, 1.807) is 6.20 Å². The molecule has 0 spiro atoms. The van der Waals surface area contributed by atoms with Crippen molar-refractivity contribution in [2.24, 2.45) is 0 Å². The van der Waals surface area contributed by atoms with Gasteiger partial charge in [0, 0.05) is 12.3 Å². The summed E-state index contributed by atoms with van der Waals surface area (Å²) in [6, 6.07) is 20.2. The van der Waals surface area contributed by atoms with Gasteiger partial charge in [0.25, 0.3) is 0 Å². The molecule has 0 amide bonds. The van der Waals surface area contributed by atoms with Gasteiger partial charge in [0.15, 0.2) is 0 Å². The van der Waals surface area contributed by atoms with Crippen molar-refractivity contribution in [3.63, 3.8) is 0 Å². The Bertz CT molecular complexity index is 525. The lowest BCUT2D eigenvalue weighted by Gasteiger charge is -2.18. The summed E-state index contributed by atoms with van der Waals surface area (Å²) in [5.41, 5.74) is 2.27. The molecule has 1 N–H and O–H groups in total. The topological polar surface area (TPSA) is 38.3 Å². The molecule has 0 unspecified atom stereocenters. The van der Waals surface area contributed by atoms with Gasteiger partial charge in [-0.3, -0.25) is 0 Å². The SMILES string of the molecule is COC(=O)/C=C/NC(c1ccccc1)c1ccccc1. The van der Waals surface area contributed by atoms with Gasteiger partial charge in [0.1, 0.15) is 0 Å². The molecular formula is C17H17NO2. The maximum atomic E-state index is 11.1. The fourth-order valence-electron chi connectivity index (χ4n) is 1.96. The number of ether oxygens (including phenoxy) is 1. The molecule has 3 heteroatoms. The lowest BCUT2D eigenvalue weighted by atomic mass is 9.99. The maximum Gasteiger partial charge on any atom is 0.331 e. The zero-order chi connectivity index (χ0) is 14.2. The number of carbonyl (C=O) groups excluding carboxylic acids is 1. The first kappa shape index (κ1) is 13.9. The van der Waals surface area contributed by atoms with Gasteiger partial charge < -0.3 is 10.1 Å². The van der Waals surface area contributed by atoms with E-state index < -0.39 is 0 Å². The van der Waals surface area contributed by atoms with Gasteiger partial charge in [-0.15, -0.1) is 0 Å². The van der Waals surface area contributed by atoms with E-state index >= 15 is 0 Å². The van der Waals surface area contributed by atoms with Crippen molar-refractivity contribution in [3.8, 4) is 0 Å². The van der Waals surface area contributed by atoms with E-state index in [-0.39, 0.29) is 12.0 Å². The van der Waals surface area contributed by atoms with Crippen molar-refractivity contribution in [2.75, 3.05) is 7.11 Å². The van der Waals surface area contributed by atoms with Crippen LogP contribution in [0.4, 0.5) is 0 Å². The number of rotatable bonds is 5. The molecule has 0 saturated heterocycles. The van der Waals surface area contributed by atoms with Crippen LogP contribution in [0.3, 0.4) is 0 Å². The van der Waals surface area contributed by atoms with Crippen LogP contribution in [0.2, 0.25) is 0 Å². The van der Waals surface area contributed by atoms with Crippen molar-refractivity contribution < 1.29 is 9.53 Å². The van der Waals surface area contributed by atoms with Gasteiger partial charge in [-0.2, -0.15) is 0 Å². The number of methoxy groups -OCH3 is 1. The quantitative estimate of drug-likeness (QED) is 0.668. The fourth-order valence-corrected chi connectivity index (χ4v) is 1.96. The Labute approximate surface area is 118 Å². The van der Waals surface area contributed by atoms with E-state index in [9.17, 15) is 4.79 Å². The third-order valence-corrected chi connectivity index (χ3v) is 2.95. The molecule has 0 saturated carbocycles. The highest BCUT2D eigenvalue weighted by Crippen LogP contribution is 2.21. The van der Waals surface area contributed by atoms with Gasteiger partial charge in [-0.05, 0) is 11.1 Å². The second-order valence-electron chi connectivity index (χ2n) is 4.28. The summed E-state index contributed by atoms with van der Waals surface area (Å²) in [5.74, 6) is -0.377. The summed E-state index contributed by atoms with van der Waals surface area (Å²) in [5, 5.41) is 3.24. The van der Waals surface area contributed by atoms with Crippen molar-refractivity contribution in [3.05, 3.63) is 84.1 Å².